The molecule has 2 fully saturated rings. The number of aromatic amines is 1. The monoisotopic (exact) mass is 282 g/mol. The molecule has 1 heterocycles. The maximum atomic E-state index is 11.9. The van der Waals surface area contributed by atoms with E-state index in [4.69, 9.17) is 17.0 Å². The molecular formula is C12H18N4O2S. The van der Waals surface area contributed by atoms with Crippen LogP contribution in [0.3, 0.4) is 0 Å². The number of amides is 1. The summed E-state index contributed by atoms with van der Waals surface area (Å²) in [5.74, 6) is 0.875. The lowest BCUT2D eigenvalue weighted by atomic mass is 10.4. The fourth-order valence-corrected chi connectivity index (χ4v) is 2.61. The fraction of sp³-hybridized carbons (Fsp3) is 0.750. The van der Waals surface area contributed by atoms with Crippen molar-refractivity contribution in [1.82, 2.24) is 20.1 Å². The quantitative estimate of drug-likeness (QED) is 0.772. The van der Waals surface area contributed by atoms with E-state index in [2.05, 4.69) is 15.5 Å². The molecule has 0 radical (unpaired) electrons. The van der Waals surface area contributed by atoms with Gasteiger partial charge in [0.15, 0.2) is 10.6 Å². The van der Waals surface area contributed by atoms with Gasteiger partial charge in [-0.2, -0.15) is 5.10 Å². The number of rotatable bonds is 6. The van der Waals surface area contributed by atoms with Crippen LogP contribution in [0.1, 0.15) is 38.1 Å². The van der Waals surface area contributed by atoms with Gasteiger partial charge in [-0.15, -0.1) is 0 Å². The Hall–Kier alpha value is -1.21. The van der Waals surface area contributed by atoms with Gasteiger partial charge in [0.1, 0.15) is 0 Å². The smallest absolute Gasteiger partial charge is 0.226 e. The maximum absolute atomic E-state index is 11.9. The molecule has 7 heteroatoms. The molecule has 2 aliphatic carbocycles. The Kier molecular flexibility index (Phi) is 3.40. The minimum absolute atomic E-state index is 0.0104. The van der Waals surface area contributed by atoms with E-state index in [1.807, 2.05) is 11.5 Å². The van der Waals surface area contributed by atoms with E-state index in [1.165, 1.54) is 0 Å². The first-order valence-corrected chi connectivity index (χ1v) is 7.16. The Morgan fingerprint density at radius 1 is 1.63 bits per heavy atom. The van der Waals surface area contributed by atoms with E-state index in [0.29, 0.717) is 24.0 Å². The fourth-order valence-electron chi connectivity index (χ4n) is 2.31. The minimum Gasteiger partial charge on any atom is -0.378 e. The summed E-state index contributed by atoms with van der Waals surface area (Å²) >= 11 is 5.20. The summed E-state index contributed by atoms with van der Waals surface area (Å²) in [5.41, 5.74) is 0. The van der Waals surface area contributed by atoms with Crippen LogP contribution in [0.2, 0.25) is 0 Å². The van der Waals surface area contributed by atoms with Crippen LogP contribution in [-0.2, 0) is 16.1 Å². The van der Waals surface area contributed by atoms with Gasteiger partial charge in [0.25, 0.3) is 0 Å². The van der Waals surface area contributed by atoms with Crippen molar-refractivity contribution in [2.45, 2.75) is 44.9 Å². The number of aromatic nitrogens is 3. The largest absolute Gasteiger partial charge is 0.378 e. The summed E-state index contributed by atoms with van der Waals surface area (Å²) in [7, 11) is 0. The molecule has 3 rings (SSSR count). The molecule has 1 amide bonds. The molecule has 1 aromatic rings. The molecule has 0 aliphatic heterocycles. The zero-order chi connectivity index (χ0) is 13.4. The van der Waals surface area contributed by atoms with Gasteiger partial charge in [0.2, 0.25) is 5.91 Å². The van der Waals surface area contributed by atoms with E-state index in [-0.39, 0.29) is 17.9 Å². The molecule has 6 nitrogen and oxygen atoms in total. The highest BCUT2D eigenvalue weighted by molar-refractivity contribution is 7.71. The summed E-state index contributed by atoms with van der Waals surface area (Å²) in [6, 6.07) is 0.468. The van der Waals surface area contributed by atoms with Crippen LogP contribution >= 0.6 is 12.2 Å². The van der Waals surface area contributed by atoms with E-state index < -0.39 is 0 Å². The summed E-state index contributed by atoms with van der Waals surface area (Å²) < 4.78 is 8.07. The molecule has 0 unspecified atom stereocenters. The van der Waals surface area contributed by atoms with E-state index >= 15 is 0 Å². The zero-order valence-corrected chi connectivity index (χ0v) is 11.7. The molecular weight excluding hydrogens is 264 g/mol. The highest BCUT2D eigenvalue weighted by atomic mass is 32.1. The Bertz CT molecular complexity index is 534. The van der Waals surface area contributed by atoms with Crippen LogP contribution in [0.4, 0.5) is 0 Å². The normalized spacial score (nSPS) is 25.3. The van der Waals surface area contributed by atoms with Gasteiger partial charge in [0, 0.05) is 12.6 Å². The van der Waals surface area contributed by atoms with Gasteiger partial charge in [-0.1, -0.05) is 0 Å². The predicted octanol–water partition coefficient (Wildman–Crippen LogP) is 1.32. The highest BCUT2D eigenvalue weighted by Crippen LogP contribution is 2.36. The van der Waals surface area contributed by atoms with Gasteiger partial charge >= 0.3 is 0 Å². The van der Waals surface area contributed by atoms with Crippen molar-refractivity contribution in [1.29, 1.82) is 0 Å². The van der Waals surface area contributed by atoms with E-state index in [9.17, 15) is 4.79 Å². The molecule has 104 valence electrons. The Labute approximate surface area is 116 Å². The SMILES string of the molecule is CCO[C@H]1C[C@H]1C(=O)NCc1n[nH]c(=S)n1C1CC1. The van der Waals surface area contributed by atoms with Crippen LogP contribution < -0.4 is 5.32 Å². The van der Waals surface area contributed by atoms with Gasteiger partial charge < -0.3 is 10.1 Å². The molecule has 2 N–H and O–H groups in total. The third-order valence-corrected chi connectivity index (χ3v) is 3.85. The number of hydrogen-bond acceptors (Lipinski definition) is 4. The summed E-state index contributed by atoms with van der Waals surface area (Å²) in [5, 5.41) is 9.90. The third kappa shape index (κ3) is 2.71. The highest BCUT2D eigenvalue weighted by Gasteiger charge is 2.43. The van der Waals surface area contributed by atoms with Crippen molar-refractivity contribution in [2.75, 3.05) is 6.61 Å². The standard InChI is InChI=1S/C12H18N4O2S/c1-2-18-9-5-8(9)11(17)13-6-10-14-15-12(19)16(10)7-3-4-7/h7-9H,2-6H2,1H3,(H,13,17)(H,15,19)/t8-,9+/m1/s1. The molecule has 0 aromatic carbocycles. The second kappa shape index (κ2) is 5.05. The van der Waals surface area contributed by atoms with Gasteiger partial charge in [-0.3, -0.25) is 14.5 Å². The van der Waals surface area contributed by atoms with Crippen molar-refractivity contribution in [2.24, 2.45) is 5.92 Å². The average molecular weight is 282 g/mol. The lowest BCUT2D eigenvalue weighted by Crippen LogP contribution is -2.27. The minimum atomic E-state index is 0.0104. The van der Waals surface area contributed by atoms with Crippen LogP contribution in [0.15, 0.2) is 0 Å². The molecule has 2 saturated carbocycles. The number of nitrogens with zero attached hydrogens (tertiary/aromatic N) is 2. The van der Waals surface area contributed by atoms with Crippen molar-refractivity contribution in [3.05, 3.63) is 10.6 Å². The second-order valence-corrected chi connectivity index (χ2v) is 5.49. The third-order valence-electron chi connectivity index (χ3n) is 3.56. The zero-order valence-electron chi connectivity index (χ0n) is 10.9. The van der Waals surface area contributed by atoms with Crippen LogP contribution in [-0.4, -0.2) is 33.4 Å². The van der Waals surface area contributed by atoms with Crippen LogP contribution in [0, 0.1) is 10.7 Å². The number of nitrogens with one attached hydrogen (secondary N) is 2. The van der Waals surface area contributed by atoms with Gasteiger partial charge in [-0.25, -0.2) is 0 Å². The van der Waals surface area contributed by atoms with Crippen molar-refractivity contribution in [3.63, 3.8) is 0 Å². The van der Waals surface area contributed by atoms with Crippen molar-refractivity contribution < 1.29 is 9.53 Å². The topological polar surface area (TPSA) is 71.9 Å². The number of H-pyrrole nitrogens is 1. The van der Waals surface area contributed by atoms with Gasteiger partial charge in [0.05, 0.1) is 18.6 Å². The first-order valence-electron chi connectivity index (χ1n) is 6.75. The molecule has 1 aromatic heterocycles. The van der Waals surface area contributed by atoms with Crippen LogP contribution in [0.25, 0.3) is 0 Å². The Balaban J connectivity index is 1.55. The van der Waals surface area contributed by atoms with Crippen molar-refractivity contribution in [3.8, 4) is 0 Å². The maximum Gasteiger partial charge on any atom is 0.226 e. The second-order valence-electron chi connectivity index (χ2n) is 5.10. The molecule has 2 atom stereocenters. The summed E-state index contributed by atoms with van der Waals surface area (Å²) in [6.07, 6.45) is 3.22. The number of ether oxygens (including phenoxy) is 1. The van der Waals surface area contributed by atoms with Crippen LogP contribution in [0.5, 0.6) is 0 Å². The molecule has 0 spiro atoms. The summed E-state index contributed by atoms with van der Waals surface area (Å²) in [6.45, 7) is 3.04. The summed E-state index contributed by atoms with van der Waals surface area (Å²) in [4.78, 5) is 11.9. The first-order chi connectivity index (χ1) is 9.20. The molecule has 19 heavy (non-hydrogen) atoms. The number of carbonyl (C=O) groups is 1. The molecule has 0 bridgehead atoms. The lowest BCUT2D eigenvalue weighted by Gasteiger charge is -2.06. The number of carbonyl (C=O) groups excluding carboxylic acids is 1. The average Bonchev–Trinajstić information content (AvgIpc) is 3.29. The first kappa shape index (κ1) is 12.8. The van der Waals surface area contributed by atoms with Gasteiger partial charge in [-0.05, 0) is 38.4 Å². The number of hydrogen-bond donors (Lipinski definition) is 2. The molecule has 2 aliphatic rings. The lowest BCUT2D eigenvalue weighted by molar-refractivity contribution is -0.123. The molecule has 0 saturated heterocycles. The van der Waals surface area contributed by atoms with Crippen molar-refractivity contribution >= 4 is 18.1 Å². The predicted molar refractivity (Wildman–Crippen MR) is 71.1 cm³/mol. The Morgan fingerprint density at radius 2 is 2.42 bits per heavy atom. The Morgan fingerprint density at radius 3 is 3.11 bits per heavy atom. The van der Waals surface area contributed by atoms with E-state index in [1.54, 1.807) is 0 Å². The van der Waals surface area contributed by atoms with E-state index in [0.717, 1.165) is 25.1 Å².